The van der Waals surface area contributed by atoms with Gasteiger partial charge in [0, 0.05) is 5.69 Å². The van der Waals surface area contributed by atoms with Crippen molar-refractivity contribution in [2.45, 2.75) is 26.7 Å². The lowest BCUT2D eigenvalue weighted by atomic mass is 9.98. The van der Waals surface area contributed by atoms with Crippen LogP contribution in [0.15, 0.2) is 42.6 Å². The van der Waals surface area contributed by atoms with E-state index < -0.39 is 11.6 Å². The molecule has 0 saturated carbocycles. The van der Waals surface area contributed by atoms with Crippen molar-refractivity contribution in [3.8, 4) is 0 Å². The molecule has 0 spiro atoms. The summed E-state index contributed by atoms with van der Waals surface area (Å²) in [6.45, 7) is 6.18. The highest BCUT2D eigenvalue weighted by Crippen LogP contribution is 2.29. The predicted octanol–water partition coefficient (Wildman–Crippen LogP) is 5.07. The van der Waals surface area contributed by atoms with Crippen LogP contribution in [-0.4, -0.2) is 15.2 Å². The Hall–Kier alpha value is -3.09. The van der Waals surface area contributed by atoms with Gasteiger partial charge in [-0.1, -0.05) is 38.1 Å². The van der Waals surface area contributed by atoms with Gasteiger partial charge in [0.1, 0.15) is 17.3 Å². The van der Waals surface area contributed by atoms with Gasteiger partial charge in [-0.3, -0.25) is 0 Å². The summed E-state index contributed by atoms with van der Waals surface area (Å²) in [4.78, 5) is 4.26. The number of rotatable bonds is 5. The van der Waals surface area contributed by atoms with Gasteiger partial charge in [0.05, 0.1) is 6.20 Å². The highest BCUT2D eigenvalue weighted by atomic mass is 19.1. The van der Waals surface area contributed by atoms with E-state index in [1.54, 1.807) is 0 Å². The summed E-state index contributed by atoms with van der Waals surface area (Å²) in [5, 5.41) is 13.6. The smallest absolute Gasteiger partial charge is 0.249 e. The average Bonchev–Trinajstić information content (AvgIpc) is 2.60. The molecule has 26 heavy (non-hydrogen) atoms. The predicted molar refractivity (Wildman–Crippen MR) is 98.0 cm³/mol. The summed E-state index contributed by atoms with van der Waals surface area (Å²) < 4.78 is 27.6. The minimum absolute atomic E-state index is 0.186. The molecule has 134 valence electrons. The second-order valence-corrected chi connectivity index (χ2v) is 6.21. The lowest BCUT2D eigenvalue weighted by molar-refractivity contribution is 0.590. The number of para-hydroxylation sites is 2. The normalized spacial score (nSPS) is 10.8. The van der Waals surface area contributed by atoms with E-state index in [9.17, 15) is 8.78 Å². The molecule has 2 N–H and O–H groups in total. The van der Waals surface area contributed by atoms with E-state index in [0.29, 0.717) is 5.92 Å². The van der Waals surface area contributed by atoms with E-state index in [1.807, 2.05) is 25.1 Å². The Morgan fingerprint density at radius 1 is 0.923 bits per heavy atom. The summed E-state index contributed by atoms with van der Waals surface area (Å²) >= 11 is 0. The third-order valence-corrected chi connectivity index (χ3v) is 3.94. The molecule has 0 amide bonds. The third-order valence-electron chi connectivity index (χ3n) is 3.94. The minimum atomic E-state index is -0.709. The van der Waals surface area contributed by atoms with Crippen LogP contribution in [0.1, 0.15) is 30.9 Å². The van der Waals surface area contributed by atoms with Gasteiger partial charge in [0.2, 0.25) is 5.95 Å². The van der Waals surface area contributed by atoms with Gasteiger partial charge in [-0.05, 0) is 36.1 Å². The number of anilines is 4. The first-order valence-corrected chi connectivity index (χ1v) is 8.23. The van der Waals surface area contributed by atoms with Crippen LogP contribution < -0.4 is 10.6 Å². The largest absolute Gasteiger partial charge is 0.334 e. The maximum Gasteiger partial charge on any atom is 0.249 e. The summed E-state index contributed by atoms with van der Waals surface area (Å²) in [6.07, 6.45) is 1.30. The fourth-order valence-corrected chi connectivity index (χ4v) is 2.62. The van der Waals surface area contributed by atoms with Crippen molar-refractivity contribution in [3.63, 3.8) is 0 Å². The number of hydrogen-bond donors (Lipinski definition) is 2. The maximum atomic E-state index is 13.8. The van der Waals surface area contributed by atoms with Gasteiger partial charge < -0.3 is 10.6 Å². The highest BCUT2D eigenvalue weighted by Gasteiger charge is 2.13. The van der Waals surface area contributed by atoms with E-state index in [2.05, 4.69) is 39.7 Å². The number of benzene rings is 2. The van der Waals surface area contributed by atoms with Crippen molar-refractivity contribution in [1.82, 2.24) is 15.2 Å². The first-order valence-electron chi connectivity index (χ1n) is 8.23. The summed E-state index contributed by atoms with van der Waals surface area (Å²) in [5.74, 6) is -0.688. The molecule has 2 aromatic carbocycles. The van der Waals surface area contributed by atoms with Gasteiger partial charge in [-0.2, -0.15) is 10.1 Å². The lowest BCUT2D eigenvalue weighted by Crippen LogP contribution is -2.06. The summed E-state index contributed by atoms with van der Waals surface area (Å²) in [6, 6.07) is 9.64. The lowest BCUT2D eigenvalue weighted by Gasteiger charge is -2.16. The SMILES string of the molecule is Cc1cccc(C(C)C)c1Nc1nncc(Nc2c(F)cccc2F)n1. The number of nitrogens with one attached hydrogen (secondary N) is 2. The van der Waals surface area contributed by atoms with E-state index in [0.717, 1.165) is 16.8 Å². The molecule has 0 atom stereocenters. The van der Waals surface area contributed by atoms with Gasteiger partial charge >= 0.3 is 0 Å². The summed E-state index contributed by atoms with van der Waals surface area (Å²) in [5.41, 5.74) is 2.78. The molecular formula is C19H19F2N5. The van der Waals surface area contributed by atoms with E-state index >= 15 is 0 Å². The Labute approximate surface area is 150 Å². The number of nitrogens with zero attached hydrogens (tertiary/aromatic N) is 3. The van der Waals surface area contributed by atoms with Crippen molar-refractivity contribution in [2.24, 2.45) is 0 Å². The van der Waals surface area contributed by atoms with Crippen LogP contribution in [0.4, 0.5) is 31.9 Å². The number of aromatic nitrogens is 3. The van der Waals surface area contributed by atoms with Crippen LogP contribution in [0, 0.1) is 18.6 Å². The monoisotopic (exact) mass is 355 g/mol. The topological polar surface area (TPSA) is 62.7 Å². The maximum absolute atomic E-state index is 13.8. The molecule has 5 nitrogen and oxygen atoms in total. The van der Waals surface area contributed by atoms with Crippen LogP contribution in [0.25, 0.3) is 0 Å². The quantitative estimate of drug-likeness (QED) is 0.669. The zero-order chi connectivity index (χ0) is 18.7. The van der Waals surface area contributed by atoms with Crippen molar-refractivity contribution in [2.75, 3.05) is 10.6 Å². The Kier molecular flexibility index (Phi) is 5.06. The first-order chi connectivity index (χ1) is 12.5. The Balaban J connectivity index is 1.90. The Morgan fingerprint density at radius 2 is 1.62 bits per heavy atom. The van der Waals surface area contributed by atoms with Crippen molar-refractivity contribution >= 4 is 23.1 Å². The molecule has 1 heterocycles. The molecule has 0 unspecified atom stereocenters. The van der Waals surface area contributed by atoms with Gasteiger partial charge in [0.25, 0.3) is 0 Å². The van der Waals surface area contributed by atoms with E-state index in [4.69, 9.17) is 0 Å². The average molecular weight is 355 g/mol. The molecule has 0 radical (unpaired) electrons. The van der Waals surface area contributed by atoms with Gasteiger partial charge in [-0.25, -0.2) is 8.78 Å². The number of hydrogen-bond acceptors (Lipinski definition) is 5. The van der Waals surface area contributed by atoms with Crippen LogP contribution in [0.3, 0.4) is 0 Å². The van der Waals surface area contributed by atoms with E-state index in [-0.39, 0.29) is 17.5 Å². The first kappa shape index (κ1) is 17.7. The zero-order valence-corrected chi connectivity index (χ0v) is 14.7. The van der Waals surface area contributed by atoms with Crippen molar-refractivity contribution in [1.29, 1.82) is 0 Å². The molecule has 0 aliphatic heterocycles. The molecule has 0 aliphatic rings. The second kappa shape index (κ2) is 7.43. The van der Waals surface area contributed by atoms with E-state index in [1.165, 1.54) is 24.4 Å². The second-order valence-electron chi connectivity index (χ2n) is 6.21. The molecule has 7 heteroatoms. The van der Waals surface area contributed by atoms with Gasteiger partial charge in [-0.15, -0.1) is 5.10 Å². The molecule has 1 aromatic heterocycles. The molecule has 0 saturated heterocycles. The Morgan fingerprint density at radius 3 is 2.31 bits per heavy atom. The molecule has 3 rings (SSSR count). The standard InChI is InChI=1S/C19H19F2N5/c1-11(2)13-7-4-6-12(3)17(13)25-19-24-16(10-22-26-19)23-18-14(20)8-5-9-15(18)21/h4-11H,1-3H3,(H2,23,24,25,26). The summed E-state index contributed by atoms with van der Waals surface area (Å²) in [7, 11) is 0. The number of halogens is 2. The molecule has 3 aromatic rings. The fraction of sp³-hybridized carbons (Fsp3) is 0.211. The minimum Gasteiger partial charge on any atom is -0.334 e. The number of aryl methyl sites for hydroxylation is 1. The van der Waals surface area contributed by atoms with Crippen LogP contribution in [0.5, 0.6) is 0 Å². The van der Waals surface area contributed by atoms with Crippen molar-refractivity contribution in [3.05, 3.63) is 65.4 Å². The van der Waals surface area contributed by atoms with Gasteiger partial charge in [0.15, 0.2) is 5.82 Å². The molecule has 0 bridgehead atoms. The van der Waals surface area contributed by atoms with Crippen LogP contribution in [0.2, 0.25) is 0 Å². The van der Waals surface area contributed by atoms with Crippen molar-refractivity contribution < 1.29 is 8.78 Å². The van der Waals surface area contributed by atoms with Crippen LogP contribution >= 0.6 is 0 Å². The van der Waals surface area contributed by atoms with Crippen LogP contribution in [-0.2, 0) is 0 Å². The molecular weight excluding hydrogens is 336 g/mol. The third kappa shape index (κ3) is 3.77. The molecule has 0 fully saturated rings. The fourth-order valence-electron chi connectivity index (χ4n) is 2.62. The Bertz CT molecular complexity index is 907. The molecule has 0 aliphatic carbocycles. The zero-order valence-electron chi connectivity index (χ0n) is 14.7. The highest BCUT2D eigenvalue weighted by molar-refractivity contribution is 5.65.